The van der Waals surface area contributed by atoms with Crippen molar-refractivity contribution in [3.63, 3.8) is 0 Å². The molecule has 0 spiro atoms. The number of aryl methyl sites for hydroxylation is 2. The van der Waals surface area contributed by atoms with Gasteiger partial charge in [-0.15, -0.1) is 0 Å². The number of carbonyl (C=O) groups is 1. The van der Waals surface area contributed by atoms with Gasteiger partial charge in [0.2, 0.25) is 15.9 Å². The molecule has 0 aliphatic carbocycles. The maximum absolute atomic E-state index is 12.9. The summed E-state index contributed by atoms with van der Waals surface area (Å²) in [5.41, 5.74) is 2.61. The van der Waals surface area contributed by atoms with Crippen LogP contribution in [0.2, 0.25) is 0 Å². The van der Waals surface area contributed by atoms with Crippen LogP contribution in [0.1, 0.15) is 24.5 Å². The predicted octanol–water partition coefficient (Wildman–Crippen LogP) is 1.71. The van der Waals surface area contributed by atoms with E-state index in [2.05, 4.69) is 0 Å². The van der Waals surface area contributed by atoms with Gasteiger partial charge < -0.3 is 9.64 Å². The van der Waals surface area contributed by atoms with Gasteiger partial charge in [-0.25, -0.2) is 8.42 Å². The molecule has 0 N–H and O–H groups in total. The summed E-state index contributed by atoms with van der Waals surface area (Å²) in [5.74, 6) is -0.163. The van der Waals surface area contributed by atoms with Gasteiger partial charge in [-0.1, -0.05) is 13.0 Å². The van der Waals surface area contributed by atoms with Gasteiger partial charge in [0, 0.05) is 13.1 Å². The fraction of sp³-hybridized carbons (Fsp3) is 0.588. The van der Waals surface area contributed by atoms with Crippen LogP contribution < -0.4 is 4.31 Å². The lowest BCUT2D eigenvalue weighted by atomic mass is 10.1. The second-order valence-corrected chi connectivity index (χ2v) is 8.05. The van der Waals surface area contributed by atoms with Crippen LogP contribution in [0, 0.1) is 13.8 Å². The maximum Gasteiger partial charge on any atom is 0.246 e. The number of anilines is 1. The molecule has 1 fully saturated rings. The Hall–Kier alpha value is -1.60. The van der Waals surface area contributed by atoms with Gasteiger partial charge in [-0.2, -0.15) is 0 Å². The molecule has 24 heavy (non-hydrogen) atoms. The van der Waals surface area contributed by atoms with Crippen molar-refractivity contribution in [2.75, 3.05) is 36.9 Å². The standard InChI is InChI=1S/C17H26N2O4S/c1-5-16(17(20)18-8-10-23-11-9-18)19(24(4,21)22)15-7-6-13(2)14(3)12-15/h6-7,12,16H,5,8-11H2,1-4H3/t16-/m0/s1. The first-order chi connectivity index (χ1) is 11.3. The fourth-order valence-corrected chi connectivity index (χ4v) is 4.10. The number of benzene rings is 1. The zero-order valence-corrected chi connectivity index (χ0v) is 15.6. The normalized spacial score (nSPS) is 16.8. The number of ether oxygens (including phenoxy) is 1. The molecule has 0 bridgehead atoms. The highest BCUT2D eigenvalue weighted by molar-refractivity contribution is 7.92. The van der Waals surface area contributed by atoms with Crippen molar-refractivity contribution in [3.8, 4) is 0 Å². The third-order valence-electron chi connectivity index (χ3n) is 4.38. The van der Waals surface area contributed by atoms with Gasteiger partial charge >= 0.3 is 0 Å². The van der Waals surface area contributed by atoms with Crippen LogP contribution in [-0.2, 0) is 19.6 Å². The molecule has 1 heterocycles. The molecular formula is C17H26N2O4S. The van der Waals surface area contributed by atoms with Crippen LogP contribution in [-0.4, -0.2) is 57.8 Å². The Labute approximate surface area is 144 Å². The third-order valence-corrected chi connectivity index (χ3v) is 5.56. The van der Waals surface area contributed by atoms with E-state index in [1.54, 1.807) is 11.0 Å². The van der Waals surface area contributed by atoms with E-state index >= 15 is 0 Å². The lowest BCUT2D eigenvalue weighted by Gasteiger charge is -2.35. The first-order valence-electron chi connectivity index (χ1n) is 8.19. The Bertz CT molecular complexity index is 697. The Morgan fingerprint density at radius 3 is 2.38 bits per heavy atom. The van der Waals surface area contributed by atoms with Crippen molar-refractivity contribution in [2.45, 2.75) is 33.2 Å². The van der Waals surface area contributed by atoms with Crippen molar-refractivity contribution in [1.82, 2.24) is 4.90 Å². The number of hydrogen-bond acceptors (Lipinski definition) is 4. The molecule has 1 aromatic rings. The lowest BCUT2D eigenvalue weighted by molar-refractivity contribution is -0.136. The Morgan fingerprint density at radius 1 is 1.25 bits per heavy atom. The summed E-state index contributed by atoms with van der Waals surface area (Å²) in [6, 6.07) is 4.74. The van der Waals surface area contributed by atoms with Crippen LogP contribution in [0.4, 0.5) is 5.69 Å². The minimum atomic E-state index is -3.59. The van der Waals surface area contributed by atoms with Crippen molar-refractivity contribution in [2.24, 2.45) is 0 Å². The van der Waals surface area contributed by atoms with E-state index in [4.69, 9.17) is 4.74 Å². The molecule has 1 saturated heterocycles. The molecule has 1 aliphatic heterocycles. The molecule has 2 rings (SSSR count). The number of nitrogens with zero attached hydrogens (tertiary/aromatic N) is 2. The highest BCUT2D eigenvalue weighted by Crippen LogP contribution is 2.26. The molecule has 7 heteroatoms. The monoisotopic (exact) mass is 354 g/mol. The Morgan fingerprint density at radius 2 is 1.88 bits per heavy atom. The molecule has 0 radical (unpaired) electrons. The Balaban J connectivity index is 2.41. The molecule has 1 aliphatic rings. The van der Waals surface area contributed by atoms with Crippen molar-refractivity contribution in [3.05, 3.63) is 29.3 Å². The van der Waals surface area contributed by atoms with Gasteiger partial charge in [-0.05, 0) is 43.5 Å². The number of morpholine rings is 1. The number of rotatable bonds is 5. The summed E-state index contributed by atoms with van der Waals surface area (Å²) < 4.78 is 31.4. The molecule has 1 amide bonds. The largest absolute Gasteiger partial charge is 0.378 e. The topological polar surface area (TPSA) is 66.9 Å². The summed E-state index contributed by atoms with van der Waals surface area (Å²) in [4.78, 5) is 14.6. The van der Waals surface area contributed by atoms with Crippen LogP contribution in [0.15, 0.2) is 18.2 Å². The number of carbonyl (C=O) groups excluding carboxylic acids is 1. The van der Waals surface area contributed by atoms with Crippen molar-refractivity contribution >= 4 is 21.6 Å². The molecule has 6 nitrogen and oxygen atoms in total. The second-order valence-electron chi connectivity index (χ2n) is 6.19. The van der Waals surface area contributed by atoms with E-state index in [1.165, 1.54) is 4.31 Å². The summed E-state index contributed by atoms with van der Waals surface area (Å²) in [5, 5.41) is 0. The van der Waals surface area contributed by atoms with E-state index < -0.39 is 16.1 Å². The fourth-order valence-electron chi connectivity index (χ4n) is 2.90. The Kier molecular flexibility index (Phi) is 5.87. The zero-order valence-electron chi connectivity index (χ0n) is 14.8. The number of hydrogen-bond donors (Lipinski definition) is 0. The zero-order chi connectivity index (χ0) is 17.9. The molecule has 0 saturated carbocycles. The number of sulfonamides is 1. The summed E-state index contributed by atoms with van der Waals surface area (Å²) >= 11 is 0. The van der Waals surface area contributed by atoms with E-state index in [1.807, 2.05) is 32.9 Å². The van der Waals surface area contributed by atoms with Gasteiger partial charge in [0.1, 0.15) is 6.04 Å². The van der Waals surface area contributed by atoms with Gasteiger partial charge in [0.25, 0.3) is 0 Å². The summed E-state index contributed by atoms with van der Waals surface area (Å²) in [7, 11) is -3.59. The van der Waals surface area contributed by atoms with Crippen LogP contribution in [0.5, 0.6) is 0 Å². The first-order valence-corrected chi connectivity index (χ1v) is 10.0. The van der Waals surface area contributed by atoms with Crippen LogP contribution in [0.3, 0.4) is 0 Å². The van der Waals surface area contributed by atoms with Gasteiger partial charge in [-0.3, -0.25) is 9.10 Å². The smallest absolute Gasteiger partial charge is 0.246 e. The SMILES string of the molecule is CC[C@@H](C(=O)N1CCOCC1)N(c1ccc(C)c(C)c1)S(C)(=O)=O. The average Bonchev–Trinajstić information content (AvgIpc) is 2.54. The second kappa shape index (κ2) is 7.53. The van der Waals surface area contributed by atoms with Gasteiger partial charge in [0.15, 0.2) is 0 Å². The average molecular weight is 354 g/mol. The van der Waals surface area contributed by atoms with E-state index in [0.29, 0.717) is 38.4 Å². The molecule has 1 atom stereocenters. The minimum absolute atomic E-state index is 0.163. The van der Waals surface area contributed by atoms with Gasteiger partial charge in [0.05, 0.1) is 25.2 Å². The number of amides is 1. The van der Waals surface area contributed by atoms with Crippen LogP contribution in [0.25, 0.3) is 0 Å². The molecule has 134 valence electrons. The summed E-state index contributed by atoms with van der Waals surface area (Å²) in [6.07, 6.45) is 1.56. The van der Waals surface area contributed by atoms with E-state index in [0.717, 1.165) is 17.4 Å². The van der Waals surface area contributed by atoms with E-state index in [9.17, 15) is 13.2 Å². The van der Waals surface area contributed by atoms with Crippen molar-refractivity contribution in [1.29, 1.82) is 0 Å². The molecule has 0 unspecified atom stereocenters. The quantitative estimate of drug-likeness (QED) is 0.807. The predicted molar refractivity (Wildman–Crippen MR) is 94.7 cm³/mol. The molecule has 1 aromatic carbocycles. The maximum atomic E-state index is 12.9. The van der Waals surface area contributed by atoms with Crippen molar-refractivity contribution < 1.29 is 17.9 Å². The first kappa shape index (κ1) is 18.7. The lowest BCUT2D eigenvalue weighted by Crippen LogP contribution is -2.53. The minimum Gasteiger partial charge on any atom is -0.378 e. The highest BCUT2D eigenvalue weighted by Gasteiger charge is 2.34. The van der Waals surface area contributed by atoms with Crippen LogP contribution >= 0.6 is 0 Å². The highest BCUT2D eigenvalue weighted by atomic mass is 32.2. The molecular weight excluding hydrogens is 328 g/mol. The summed E-state index contributed by atoms with van der Waals surface area (Å²) in [6.45, 7) is 7.72. The molecule has 0 aromatic heterocycles. The third kappa shape index (κ3) is 4.08. The van der Waals surface area contributed by atoms with E-state index in [-0.39, 0.29) is 5.91 Å².